The molecule has 1 aliphatic heterocycles. The zero-order chi connectivity index (χ0) is 13.8. The maximum Gasteiger partial charge on any atom is 0.253 e. The smallest absolute Gasteiger partial charge is 0.253 e. The van der Waals surface area contributed by atoms with Crippen LogP contribution >= 0.6 is 11.6 Å². The Hall–Kier alpha value is -1.06. The highest BCUT2D eigenvalue weighted by molar-refractivity contribution is 6.30. The fraction of sp³-hybridized carbons (Fsp3) is 0.533. The number of nitrogens with zero attached hydrogens (tertiary/aromatic N) is 2. The Morgan fingerprint density at radius 2 is 2.00 bits per heavy atom. The molecule has 2 rings (SSSR count). The number of amides is 1. The van der Waals surface area contributed by atoms with Gasteiger partial charge in [-0.15, -0.1) is 0 Å². The lowest BCUT2D eigenvalue weighted by molar-refractivity contribution is 0.0579. The van der Waals surface area contributed by atoms with Crippen molar-refractivity contribution in [3.63, 3.8) is 0 Å². The van der Waals surface area contributed by atoms with Crippen LogP contribution in [0.2, 0.25) is 5.02 Å². The molecule has 1 fully saturated rings. The van der Waals surface area contributed by atoms with Gasteiger partial charge in [0.25, 0.3) is 5.91 Å². The van der Waals surface area contributed by atoms with Gasteiger partial charge in [-0.05, 0) is 31.5 Å². The van der Waals surface area contributed by atoms with Crippen molar-refractivity contribution in [1.29, 1.82) is 0 Å². The Labute approximate surface area is 120 Å². The van der Waals surface area contributed by atoms with Crippen molar-refractivity contribution in [2.24, 2.45) is 0 Å². The number of hydrogen-bond donors (Lipinski definition) is 0. The highest BCUT2D eigenvalue weighted by atomic mass is 35.5. The van der Waals surface area contributed by atoms with E-state index in [9.17, 15) is 4.79 Å². The summed E-state index contributed by atoms with van der Waals surface area (Å²) >= 11 is 5.93. The predicted octanol–water partition coefficient (Wildman–Crippen LogP) is 2.90. The highest BCUT2D eigenvalue weighted by Gasteiger charge is 2.24. The number of piperazine rings is 1. The van der Waals surface area contributed by atoms with Gasteiger partial charge in [0, 0.05) is 42.8 Å². The maximum absolute atomic E-state index is 12.3. The molecule has 0 bridgehead atoms. The van der Waals surface area contributed by atoms with E-state index in [1.54, 1.807) is 12.1 Å². The van der Waals surface area contributed by atoms with Crippen LogP contribution in [0, 0.1) is 0 Å². The van der Waals surface area contributed by atoms with Crippen molar-refractivity contribution in [2.45, 2.75) is 26.3 Å². The number of hydrogen-bond acceptors (Lipinski definition) is 2. The molecule has 0 spiro atoms. The van der Waals surface area contributed by atoms with Crippen molar-refractivity contribution in [3.05, 3.63) is 34.9 Å². The van der Waals surface area contributed by atoms with Gasteiger partial charge >= 0.3 is 0 Å². The minimum atomic E-state index is 0.0892. The van der Waals surface area contributed by atoms with Crippen LogP contribution in [0.4, 0.5) is 0 Å². The second-order valence-corrected chi connectivity index (χ2v) is 5.53. The lowest BCUT2D eigenvalue weighted by atomic mass is 10.1. The van der Waals surface area contributed by atoms with Gasteiger partial charge in [-0.2, -0.15) is 0 Å². The number of carbonyl (C=O) groups is 1. The fourth-order valence-electron chi connectivity index (χ4n) is 2.43. The second kappa shape index (κ2) is 6.40. The third kappa shape index (κ3) is 3.48. The van der Waals surface area contributed by atoms with Crippen LogP contribution in [-0.4, -0.2) is 47.9 Å². The van der Waals surface area contributed by atoms with Crippen LogP contribution in [0.25, 0.3) is 0 Å². The van der Waals surface area contributed by atoms with Crippen LogP contribution in [0.5, 0.6) is 0 Å². The lowest BCUT2D eigenvalue weighted by Gasteiger charge is -2.37. The van der Waals surface area contributed by atoms with Gasteiger partial charge in [0.05, 0.1) is 0 Å². The van der Waals surface area contributed by atoms with E-state index in [4.69, 9.17) is 11.6 Å². The Kier molecular flexibility index (Phi) is 4.83. The summed E-state index contributed by atoms with van der Waals surface area (Å²) in [6.45, 7) is 7.97. The fourth-order valence-corrected chi connectivity index (χ4v) is 2.62. The van der Waals surface area contributed by atoms with Crippen LogP contribution < -0.4 is 0 Å². The van der Waals surface area contributed by atoms with Crippen molar-refractivity contribution < 1.29 is 4.79 Å². The summed E-state index contributed by atoms with van der Waals surface area (Å²) < 4.78 is 0. The monoisotopic (exact) mass is 280 g/mol. The minimum Gasteiger partial charge on any atom is -0.336 e. The molecule has 0 aliphatic carbocycles. The lowest BCUT2D eigenvalue weighted by Crippen LogP contribution is -2.51. The van der Waals surface area contributed by atoms with E-state index < -0.39 is 0 Å². The SMILES string of the molecule is CCC(C)N1CCN(C(=O)c2cccc(Cl)c2)CC1. The predicted molar refractivity (Wildman–Crippen MR) is 78.7 cm³/mol. The van der Waals surface area contributed by atoms with E-state index in [2.05, 4.69) is 18.7 Å². The quantitative estimate of drug-likeness (QED) is 0.850. The largest absolute Gasteiger partial charge is 0.336 e. The molecule has 1 heterocycles. The molecule has 1 aliphatic rings. The average molecular weight is 281 g/mol. The number of carbonyl (C=O) groups excluding carboxylic acids is 1. The maximum atomic E-state index is 12.3. The Balaban J connectivity index is 1.96. The van der Waals surface area contributed by atoms with Gasteiger partial charge in [-0.25, -0.2) is 0 Å². The molecule has 0 aromatic heterocycles. The molecule has 19 heavy (non-hydrogen) atoms. The third-order valence-corrected chi connectivity index (χ3v) is 4.12. The van der Waals surface area contributed by atoms with Gasteiger partial charge in [0.1, 0.15) is 0 Å². The third-order valence-electron chi connectivity index (χ3n) is 3.89. The zero-order valence-corrected chi connectivity index (χ0v) is 12.4. The Bertz CT molecular complexity index is 442. The first kappa shape index (κ1) is 14.4. The molecule has 1 atom stereocenters. The number of halogens is 1. The summed E-state index contributed by atoms with van der Waals surface area (Å²) in [5, 5.41) is 0.615. The van der Waals surface area contributed by atoms with Crippen LogP contribution in [0.1, 0.15) is 30.6 Å². The van der Waals surface area contributed by atoms with Crippen molar-refractivity contribution in [1.82, 2.24) is 9.80 Å². The van der Waals surface area contributed by atoms with Gasteiger partial charge in [-0.1, -0.05) is 24.6 Å². The number of benzene rings is 1. The molecule has 0 saturated carbocycles. The van der Waals surface area contributed by atoms with E-state index >= 15 is 0 Å². The van der Waals surface area contributed by atoms with Gasteiger partial charge in [0.15, 0.2) is 0 Å². The number of rotatable bonds is 3. The Morgan fingerprint density at radius 3 is 2.58 bits per heavy atom. The molecule has 4 heteroatoms. The summed E-state index contributed by atoms with van der Waals surface area (Å²) in [7, 11) is 0. The summed E-state index contributed by atoms with van der Waals surface area (Å²) in [6, 6.07) is 7.79. The summed E-state index contributed by atoms with van der Waals surface area (Å²) in [5.74, 6) is 0.0892. The molecule has 1 saturated heterocycles. The van der Waals surface area contributed by atoms with Crippen molar-refractivity contribution in [2.75, 3.05) is 26.2 Å². The minimum absolute atomic E-state index is 0.0892. The summed E-state index contributed by atoms with van der Waals surface area (Å²) in [6.07, 6.45) is 1.15. The molecule has 104 valence electrons. The average Bonchev–Trinajstić information content (AvgIpc) is 2.46. The van der Waals surface area contributed by atoms with Gasteiger partial charge < -0.3 is 4.90 Å². The van der Waals surface area contributed by atoms with Gasteiger partial charge in [-0.3, -0.25) is 9.69 Å². The van der Waals surface area contributed by atoms with Crippen LogP contribution in [-0.2, 0) is 0 Å². The molecular formula is C15H21ClN2O. The molecule has 0 N–H and O–H groups in total. The van der Waals surface area contributed by atoms with E-state index in [0.29, 0.717) is 16.6 Å². The van der Waals surface area contributed by atoms with E-state index in [-0.39, 0.29) is 5.91 Å². The van der Waals surface area contributed by atoms with Crippen LogP contribution in [0.15, 0.2) is 24.3 Å². The molecule has 0 radical (unpaired) electrons. The topological polar surface area (TPSA) is 23.6 Å². The molecule has 1 amide bonds. The summed E-state index contributed by atoms with van der Waals surface area (Å²) in [5.41, 5.74) is 0.685. The normalized spacial score (nSPS) is 18.4. The first-order valence-electron chi connectivity index (χ1n) is 6.90. The van der Waals surface area contributed by atoms with E-state index in [1.807, 2.05) is 17.0 Å². The first-order chi connectivity index (χ1) is 9.11. The van der Waals surface area contributed by atoms with Crippen molar-refractivity contribution >= 4 is 17.5 Å². The van der Waals surface area contributed by atoms with Gasteiger partial charge in [0.2, 0.25) is 0 Å². The molecule has 1 aromatic carbocycles. The Morgan fingerprint density at radius 1 is 1.32 bits per heavy atom. The molecule has 1 aromatic rings. The standard InChI is InChI=1S/C15H21ClN2O/c1-3-12(2)17-7-9-18(10-8-17)15(19)13-5-4-6-14(16)11-13/h4-6,11-12H,3,7-10H2,1-2H3. The summed E-state index contributed by atoms with van der Waals surface area (Å²) in [4.78, 5) is 16.7. The van der Waals surface area contributed by atoms with Crippen LogP contribution in [0.3, 0.4) is 0 Å². The zero-order valence-electron chi connectivity index (χ0n) is 11.6. The highest BCUT2D eigenvalue weighted by Crippen LogP contribution is 2.15. The molecule has 3 nitrogen and oxygen atoms in total. The first-order valence-corrected chi connectivity index (χ1v) is 7.28. The van der Waals surface area contributed by atoms with E-state index in [1.165, 1.54) is 0 Å². The molecule has 1 unspecified atom stereocenters. The van der Waals surface area contributed by atoms with E-state index in [0.717, 1.165) is 32.6 Å². The van der Waals surface area contributed by atoms with Crippen molar-refractivity contribution in [3.8, 4) is 0 Å². The second-order valence-electron chi connectivity index (χ2n) is 5.10. The molecular weight excluding hydrogens is 260 g/mol.